The van der Waals surface area contributed by atoms with Gasteiger partial charge in [-0.2, -0.15) is 0 Å². The van der Waals surface area contributed by atoms with Gasteiger partial charge in [-0.05, 0) is 47.4 Å². The van der Waals surface area contributed by atoms with Crippen molar-refractivity contribution in [1.82, 2.24) is 0 Å². The molecule has 4 N–H and O–H groups in total. The second-order valence-corrected chi connectivity index (χ2v) is 7.13. The molecule has 0 heterocycles. The number of phenols is 2. The Labute approximate surface area is 165 Å². The van der Waals surface area contributed by atoms with Gasteiger partial charge in [0, 0.05) is 0 Å². The SMILES string of the molecule is CCCC(O)(c1ccccc1)C(CO)(c1ccc(O)cc1)c1ccc(O)cc1. The predicted molar refractivity (Wildman–Crippen MR) is 109 cm³/mol. The van der Waals surface area contributed by atoms with Crippen LogP contribution in [0.3, 0.4) is 0 Å². The van der Waals surface area contributed by atoms with Gasteiger partial charge >= 0.3 is 0 Å². The molecule has 0 saturated heterocycles. The molecule has 0 bridgehead atoms. The van der Waals surface area contributed by atoms with Crippen LogP contribution in [0.4, 0.5) is 0 Å². The summed E-state index contributed by atoms with van der Waals surface area (Å²) in [5, 5.41) is 42.4. The lowest BCUT2D eigenvalue weighted by Gasteiger charge is -2.48. The predicted octanol–water partition coefficient (Wildman–Crippen LogP) is 4.06. The number of hydrogen-bond donors (Lipinski definition) is 4. The molecule has 0 radical (unpaired) electrons. The zero-order valence-corrected chi connectivity index (χ0v) is 15.9. The first-order valence-electron chi connectivity index (χ1n) is 9.45. The number of hydrogen-bond acceptors (Lipinski definition) is 4. The third-order valence-electron chi connectivity index (χ3n) is 5.53. The van der Waals surface area contributed by atoms with Gasteiger partial charge in [0.15, 0.2) is 0 Å². The average molecular weight is 378 g/mol. The van der Waals surface area contributed by atoms with Gasteiger partial charge in [0.2, 0.25) is 0 Å². The standard InChI is InChI=1S/C24H26O4/c1-2-16-24(28,20-6-4-3-5-7-20)23(17-25,18-8-12-21(26)13-9-18)19-10-14-22(27)15-11-19/h3-15,25-28H,2,16-17H2,1H3. The molecule has 0 saturated carbocycles. The topological polar surface area (TPSA) is 80.9 Å². The van der Waals surface area contributed by atoms with Crippen molar-refractivity contribution in [2.24, 2.45) is 0 Å². The van der Waals surface area contributed by atoms with E-state index in [1.54, 1.807) is 48.5 Å². The summed E-state index contributed by atoms with van der Waals surface area (Å²) in [5.41, 5.74) is -0.541. The van der Waals surface area contributed by atoms with E-state index in [0.717, 1.165) is 0 Å². The van der Waals surface area contributed by atoms with Crippen LogP contribution in [0, 0.1) is 0 Å². The van der Waals surface area contributed by atoms with Crippen molar-refractivity contribution in [2.45, 2.75) is 30.8 Å². The molecule has 0 amide bonds. The summed E-state index contributed by atoms with van der Waals surface area (Å²) in [7, 11) is 0. The van der Waals surface area contributed by atoms with E-state index in [0.29, 0.717) is 29.5 Å². The summed E-state index contributed by atoms with van der Waals surface area (Å²) in [6.07, 6.45) is 1.11. The van der Waals surface area contributed by atoms with Crippen LogP contribution in [-0.2, 0) is 11.0 Å². The number of rotatable bonds is 7. The van der Waals surface area contributed by atoms with Crippen LogP contribution < -0.4 is 0 Å². The van der Waals surface area contributed by atoms with Gasteiger partial charge < -0.3 is 20.4 Å². The molecule has 4 nitrogen and oxygen atoms in total. The Hall–Kier alpha value is -2.82. The van der Waals surface area contributed by atoms with E-state index in [-0.39, 0.29) is 18.1 Å². The Morgan fingerprint density at radius 2 is 1.14 bits per heavy atom. The summed E-state index contributed by atoms with van der Waals surface area (Å²) in [6, 6.07) is 22.5. The van der Waals surface area contributed by atoms with Crippen LogP contribution in [-0.4, -0.2) is 27.0 Å². The monoisotopic (exact) mass is 378 g/mol. The lowest BCUT2D eigenvalue weighted by molar-refractivity contribution is -0.0585. The molecule has 146 valence electrons. The fourth-order valence-corrected chi connectivity index (χ4v) is 4.13. The van der Waals surface area contributed by atoms with E-state index in [4.69, 9.17) is 0 Å². The minimum atomic E-state index is -1.41. The third kappa shape index (κ3) is 3.26. The number of aliphatic hydroxyl groups excluding tert-OH is 1. The summed E-state index contributed by atoms with van der Waals surface area (Å²) >= 11 is 0. The highest BCUT2D eigenvalue weighted by atomic mass is 16.3. The van der Waals surface area contributed by atoms with Gasteiger partial charge in [-0.25, -0.2) is 0 Å². The second-order valence-electron chi connectivity index (χ2n) is 7.13. The maximum Gasteiger partial charge on any atom is 0.115 e. The molecule has 3 aromatic carbocycles. The number of aliphatic hydroxyl groups is 2. The number of benzene rings is 3. The summed E-state index contributed by atoms with van der Waals surface area (Å²) in [6.45, 7) is 1.64. The molecular weight excluding hydrogens is 352 g/mol. The minimum Gasteiger partial charge on any atom is -0.508 e. The molecular formula is C24H26O4. The molecule has 1 atom stereocenters. The number of aromatic hydroxyl groups is 2. The zero-order chi connectivity index (χ0) is 20.2. The minimum absolute atomic E-state index is 0.111. The molecule has 0 spiro atoms. The first-order valence-corrected chi connectivity index (χ1v) is 9.45. The molecule has 3 rings (SSSR count). The van der Waals surface area contributed by atoms with E-state index in [9.17, 15) is 20.4 Å². The first kappa shape index (κ1) is 19.9. The van der Waals surface area contributed by atoms with Gasteiger partial charge in [-0.3, -0.25) is 0 Å². The van der Waals surface area contributed by atoms with E-state index < -0.39 is 11.0 Å². The van der Waals surface area contributed by atoms with Gasteiger partial charge in [0.05, 0.1) is 12.0 Å². The normalized spacial score (nSPS) is 13.8. The van der Waals surface area contributed by atoms with Crippen molar-refractivity contribution in [1.29, 1.82) is 0 Å². The van der Waals surface area contributed by atoms with Crippen molar-refractivity contribution in [3.05, 3.63) is 95.6 Å². The van der Waals surface area contributed by atoms with E-state index in [1.807, 2.05) is 37.3 Å². The quantitative estimate of drug-likeness (QED) is 0.500. The summed E-state index contributed by atoms with van der Waals surface area (Å²) in [5.74, 6) is 0.222. The second kappa shape index (κ2) is 8.05. The first-order chi connectivity index (χ1) is 13.5. The van der Waals surface area contributed by atoms with E-state index in [1.165, 1.54) is 0 Å². The summed E-state index contributed by atoms with van der Waals surface area (Å²) in [4.78, 5) is 0. The maximum atomic E-state index is 12.2. The van der Waals surface area contributed by atoms with E-state index in [2.05, 4.69) is 0 Å². The van der Waals surface area contributed by atoms with Gasteiger partial charge in [-0.15, -0.1) is 0 Å². The molecule has 0 fully saturated rings. The number of phenolic OH excluding ortho intramolecular Hbond substituents is 2. The molecule has 28 heavy (non-hydrogen) atoms. The van der Waals surface area contributed by atoms with Crippen LogP contribution in [0.15, 0.2) is 78.9 Å². The van der Waals surface area contributed by atoms with Crippen molar-refractivity contribution in [3.8, 4) is 11.5 Å². The molecule has 0 aliphatic carbocycles. The molecule has 0 aliphatic rings. The zero-order valence-electron chi connectivity index (χ0n) is 15.9. The van der Waals surface area contributed by atoms with Crippen LogP contribution in [0.1, 0.15) is 36.5 Å². The summed E-state index contributed by atoms with van der Waals surface area (Å²) < 4.78 is 0. The molecule has 3 aromatic rings. The highest BCUT2D eigenvalue weighted by Crippen LogP contribution is 2.50. The fraction of sp³-hybridized carbons (Fsp3) is 0.250. The highest BCUT2D eigenvalue weighted by molar-refractivity contribution is 5.49. The smallest absolute Gasteiger partial charge is 0.115 e. The van der Waals surface area contributed by atoms with Gasteiger partial charge in [-0.1, -0.05) is 67.9 Å². The lowest BCUT2D eigenvalue weighted by atomic mass is 9.59. The van der Waals surface area contributed by atoms with Crippen molar-refractivity contribution in [3.63, 3.8) is 0 Å². The van der Waals surface area contributed by atoms with E-state index >= 15 is 0 Å². The van der Waals surface area contributed by atoms with Gasteiger partial charge in [0.25, 0.3) is 0 Å². The van der Waals surface area contributed by atoms with Crippen LogP contribution >= 0.6 is 0 Å². The molecule has 1 unspecified atom stereocenters. The largest absolute Gasteiger partial charge is 0.508 e. The van der Waals surface area contributed by atoms with Crippen molar-refractivity contribution < 1.29 is 20.4 Å². The Morgan fingerprint density at radius 3 is 1.54 bits per heavy atom. The maximum absolute atomic E-state index is 12.2. The fourth-order valence-electron chi connectivity index (χ4n) is 4.13. The van der Waals surface area contributed by atoms with Gasteiger partial charge in [0.1, 0.15) is 17.1 Å². The molecule has 4 heteroatoms. The third-order valence-corrected chi connectivity index (χ3v) is 5.53. The Balaban J connectivity index is 2.36. The van der Waals surface area contributed by atoms with Crippen molar-refractivity contribution >= 4 is 0 Å². The Morgan fingerprint density at radius 1 is 0.679 bits per heavy atom. The Bertz CT molecular complexity index is 843. The lowest BCUT2D eigenvalue weighted by Crippen LogP contribution is -2.52. The Kier molecular flexibility index (Phi) is 5.73. The van der Waals surface area contributed by atoms with Crippen LogP contribution in [0.5, 0.6) is 11.5 Å². The molecule has 0 aromatic heterocycles. The highest BCUT2D eigenvalue weighted by Gasteiger charge is 2.53. The molecule has 0 aliphatic heterocycles. The van der Waals surface area contributed by atoms with Crippen molar-refractivity contribution in [2.75, 3.05) is 6.61 Å². The van der Waals surface area contributed by atoms with Crippen LogP contribution in [0.25, 0.3) is 0 Å². The van der Waals surface area contributed by atoms with Crippen LogP contribution in [0.2, 0.25) is 0 Å². The average Bonchev–Trinajstić information content (AvgIpc) is 2.72.